The first-order valence-corrected chi connectivity index (χ1v) is 10.2. The second kappa shape index (κ2) is 9.62. The fourth-order valence-electron chi connectivity index (χ4n) is 3.36. The maximum absolute atomic E-state index is 13.1. The highest BCUT2D eigenvalue weighted by atomic mass is 16.5. The summed E-state index contributed by atoms with van der Waals surface area (Å²) in [6.07, 6.45) is 1.64. The third-order valence-electron chi connectivity index (χ3n) is 4.96. The third kappa shape index (κ3) is 4.84. The van der Waals surface area contributed by atoms with Gasteiger partial charge in [-0.3, -0.25) is 9.59 Å². The van der Waals surface area contributed by atoms with Crippen molar-refractivity contribution in [2.24, 2.45) is 0 Å². The molecule has 0 bridgehead atoms. The van der Waals surface area contributed by atoms with Crippen molar-refractivity contribution >= 4 is 34.4 Å². The minimum atomic E-state index is -0.432. The molecule has 0 aliphatic rings. The van der Waals surface area contributed by atoms with E-state index in [1.165, 1.54) is 7.11 Å². The van der Waals surface area contributed by atoms with Crippen molar-refractivity contribution in [1.29, 1.82) is 0 Å². The molecule has 0 fully saturated rings. The molecule has 0 aliphatic carbocycles. The molecule has 2 amide bonds. The lowest BCUT2D eigenvalue weighted by atomic mass is 10.1. The number of carbonyl (C=O) groups excluding carboxylic acids is 2. The van der Waals surface area contributed by atoms with Gasteiger partial charge >= 0.3 is 0 Å². The van der Waals surface area contributed by atoms with Gasteiger partial charge in [0.05, 0.1) is 12.7 Å². The van der Waals surface area contributed by atoms with Gasteiger partial charge in [0.15, 0.2) is 0 Å². The summed E-state index contributed by atoms with van der Waals surface area (Å²) < 4.78 is 5.28. The van der Waals surface area contributed by atoms with Crippen molar-refractivity contribution in [2.75, 3.05) is 12.4 Å². The van der Waals surface area contributed by atoms with Crippen LogP contribution in [0.4, 0.5) is 5.69 Å². The van der Waals surface area contributed by atoms with Gasteiger partial charge in [-0.05, 0) is 46.7 Å². The van der Waals surface area contributed by atoms with Gasteiger partial charge in [-0.15, -0.1) is 0 Å². The Bertz CT molecular complexity index is 1300. The Morgan fingerprint density at radius 1 is 0.781 bits per heavy atom. The number of fused-ring (bicyclic) bond motifs is 1. The van der Waals surface area contributed by atoms with E-state index in [2.05, 4.69) is 10.6 Å². The first-order valence-electron chi connectivity index (χ1n) is 10.2. The minimum absolute atomic E-state index is 0.125. The summed E-state index contributed by atoms with van der Waals surface area (Å²) in [5.74, 6) is -0.426. The number of nitrogens with one attached hydrogen (secondary N) is 2. The zero-order valence-electron chi connectivity index (χ0n) is 17.5. The molecule has 4 aromatic rings. The molecular weight excluding hydrogens is 400 g/mol. The summed E-state index contributed by atoms with van der Waals surface area (Å²) in [4.78, 5) is 26.1. The third-order valence-corrected chi connectivity index (χ3v) is 4.96. The molecule has 5 heteroatoms. The molecule has 0 unspecified atom stereocenters. The van der Waals surface area contributed by atoms with E-state index in [9.17, 15) is 9.59 Å². The zero-order chi connectivity index (χ0) is 22.3. The predicted molar refractivity (Wildman–Crippen MR) is 127 cm³/mol. The average molecular weight is 422 g/mol. The van der Waals surface area contributed by atoms with Crippen molar-refractivity contribution in [3.63, 3.8) is 0 Å². The van der Waals surface area contributed by atoms with Crippen molar-refractivity contribution in [3.8, 4) is 5.75 Å². The first-order chi connectivity index (χ1) is 15.6. The van der Waals surface area contributed by atoms with E-state index in [1.54, 1.807) is 30.3 Å². The summed E-state index contributed by atoms with van der Waals surface area (Å²) in [6, 6.07) is 29.8. The molecule has 4 aromatic carbocycles. The van der Waals surface area contributed by atoms with Crippen LogP contribution in [0.5, 0.6) is 5.75 Å². The van der Waals surface area contributed by atoms with E-state index in [4.69, 9.17) is 4.74 Å². The molecule has 0 saturated carbocycles. The second-order valence-corrected chi connectivity index (χ2v) is 7.14. The standard InChI is InChI=1S/C27H22N2O3/c1-32-25-14-8-7-13-23(25)26(30)29-24(17-19-9-3-2-4-10-19)27(31)28-22-16-15-20-11-5-6-12-21(20)18-22/h2-18H,1H3,(H,28,31)(H,29,30)/b24-17+. The van der Waals surface area contributed by atoms with Crippen LogP contribution >= 0.6 is 0 Å². The van der Waals surface area contributed by atoms with Crippen LogP contribution in [-0.2, 0) is 4.79 Å². The number of anilines is 1. The van der Waals surface area contributed by atoms with E-state index in [-0.39, 0.29) is 5.70 Å². The fraction of sp³-hybridized carbons (Fsp3) is 0.0370. The summed E-state index contributed by atoms with van der Waals surface area (Å²) in [5, 5.41) is 7.72. The highest BCUT2D eigenvalue weighted by molar-refractivity contribution is 6.11. The zero-order valence-corrected chi connectivity index (χ0v) is 17.5. The molecule has 0 aromatic heterocycles. The lowest BCUT2D eigenvalue weighted by Gasteiger charge is -2.13. The SMILES string of the molecule is COc1ccccc1C(=O)N/C(=C/c1ccccc1)C(=O)Nc1ccc2ccccc2c1. The van der Waals surface area contributed by atoms with Crippen molar-refractivity contribution in [3.05, 3.63) is 114 Å². The Morgan fingerprint density at radius 2 is 1.47 bits per heavy atom. The number of hydrogen-bond acceptors (Lipinski definition) is 3. The molecule has 5 nitrogen and oxygen atoms in total. The van der Waals surface area contributed by atoms with Crippen LogP contribution in [0.1, 0.15) is 15.9 Å². The minimum Gasteiger partial charge on any atom is -0.496 e. The van der Waals surface area contributed by atoms with Gasteiger partial charge in [-0.2, -0.15) is 0 Å². The largest absolute Gasteiger partial charge is 0.496 e. The van der Waals surface area contributed by atoms with Gasteiger partial charge < -0.3 is 15.4 Å². The smallest absolute Gasteiger partial charge is 0.272 e. The maximum Gasteiger partial charge on any atom is 0.272 e. The Labute approximate surface area is 186 Å². The van der Waals surface area contributed by atoms with E-state index < -0.39 is 11.8 Å². The Kier molecular flexibility index (Phi) is 6.28. The number of hydrogen-bond donors (Lipinski definition) is 2. The molecular formula is C27H22N2O3. The summed E-state index contributed by atoms with van der Waals surface area (Å²) in [5.41, 5.74) is 1.89. The Morgan fingerprint density at radius 3 is 2.25 bits per heavy atom. The molecule has 4 rings (SSSR count). The van der Waals surface area contributed by atoms with Gasteiger partial charge in [0.2, 0.25) is 0 Å². The monoisotopic (exact) mass is 422 g/mol. The normalized spacial score (nSPS) is 11.1. The summed E-state index contributed by atoms with van der Waals surface area (Å²) in [7, 11) is 1.50. The van der Waals surface area contributed by atoms with Crippen LogP contribution in [0.3, 0.4) is 0 Å². The number of amides is 2. The number of ether oxygens (including phenoxy) is 1. The predicted octanol–water partition coefficient (Wildman–Crippen LogP) is 5.26. The molecule has 2 N–H and O–H groups in total. The molecule has 32 heavy (non-hydrogen) atoms. The van der Waals surface area contributed by atoms with Gasteiger partial charge in [0, 0.05) is 5.69 Å². The van der Waals surface area contributed by atoms with Gasteiger partial charge in [-0.1, -0.05) is 72.8 Å². The van der Waals surface area contributed by atoms with Crippen molar-refractivity contribution < 1.29 is 14.3 Å². The van der Waals surface area contributed by atoms with Gasteiger partial charge in [0.1, 0.15) is 11.4 Å². The lowest BCUT2D eigenvalue weighted by molar-refractivity contribution is -0.113. The van der Waals surface area contributed by atoms with Crippen LogP contribution in [0, 0.1) is 0 Å². The molecule has 0 spiro atoms. The number of para-hydroxylation sites is 1. The molecule has 158 valence electrons. The Balaban J connectivity index is 1.63. The summed E-state index contributed by atoms with van der Waals surface area (Å²) >= 11 is 0. The van der Waals surface area contributed by atoms with E-state index >= 15 is 0 Å². The van der Waals surface area contributed by atoms with E-state index in [1.807, 2.05) is 72.8 Å². The van der Waals surface area contributed by atoms with Gasteiger partial charge in [-0.25, -0.2) is 0 Å². The molecule has 0 radical (unpaired) electrons. The van der Waals surface area contributed by atoms with Crippen LogP contribution in [0.25, 0.3) is 16.8 Å². The van der Waals surface area contributed by atoms with Gasteiger partial charge in [0.25, 0.3) is 11.8 Å². The number of carbonyl (C=O) groups is 2. The number of methoxy groups -OCH3 is 1. The fourth-order valence-corrected chi connectivity index (χ4v) is 3.36. The maximum atomic E-state index is 13.1. The van der Waals surface area contributed by atoms with Crippen molar-refractivity contribution in [2.45, 2.75) is 0 Å². The average Bonchev–Trinajstić information content (AvgIpc) is 2.84. The van der Waals surface area contributed by atoms with Crippen molar-refractivity contribution in [1.82, 2.24) is 5.32 Å². The van der Waals surface area contributed by atoms with E-state index in [0.29, 0.717) is 17.0 Å². The Hall–Kier alpha value is -4.38. The van der Waals surface area contributed by atoms with Crippen LogP contribution < -0.4 is 15.4 Å². The molecule has 0 atom stereocenters. The van der Waals surface area contributed by atoms with E-state index in [0.717, 1.165) is 16.3 Å². The highest BCUT2D eigenvalue weighted by Crippen LogP contribution is 2.21. The van der Waals surface area contributed by atoms with Crippen LogP contribution in [-0.4, -0.2) is 18.9 Å². The van der Waals surface area contributed by atoms with Crippen LogP contribution in [0.2, 0.25) is 0 Å². The molecule has 0 aliphatic heterocycles. The number of benzene rings is 4. The second-order valence-electron chi connectivity index (χ2n) is 7.14. The lowest BCUT2D eigenvalue weighted by Crippen LogP contribution is -2.31. The molecule has 0 saturated heterocycles. The number of rotatable bonds is 6. The molecule has 0 heterocycles. The quantitative estimate of drug-likeness (QED) is 0.417. The topological polar surface area (TPSA) is 67.4 Å². The van der Waals surface area contributed by atoms with Crippen LogP contribution in [0.15, 0.2) is 103 Å². The highest BCUT2D eigenvalue weighted by Gasteiger charge is 2.17. The first kappa shape index (κ1) is 20.9. The summed E-state index contributed by atoms with van der Waals surface area (Å²) in [6.45, 7) is 0.